The molecular formula is C22H37IN6. The van der Waals surface area contributed by atoms with E-state index in [1.54, 1.807) is 0 Å². The number of aromatic nitrogens is 3. The van der Waals surface area contributed by atoms with Crippen LogP contribution >= 0.6 is 24.0 Å². The van der Waals surface area contributed by atoms with Crippen molar-refractivity contribution in [3.05, 3.63) is 47.0 Å². The van der Waals surface area contributed by atoms with Gasteiger partial charge in [0, 0.05) is 50.2 Å². The molecule has 6 nitrogen and oxygen atoms in total. The van der Waals surface area contributed by atoms with Crippen molar-refractivity contribution in [3.8, 4) is 0 Å². The Hall–Kier alpha value is -1.64. The van der Waals surface area contributed by atoms with Gasteiger partial charge in [-0.1, -0.05) is 19.9 Å². The Kier molecular flexibility index (Phi) is 10.6. The van der Waals surface area contributed by atoms with Crippen LogP contribution in [-0.4, -0.2) is 39.9 Å². The minimum absolute atomic E-state index is 0. The zero-order valence-corrected chi connectivity index (χ0v) is 21.2. The summed E-state index contributed by atoms with van der Waals surface area (Å²) in [5, 5.41) is 11.5. The van der Waals surface area contributed by atoms with E-state index in [-0.39, 0.29) is 30.0 Å². The summed E-state index contributed by atoms with van der Waals surface area (Å²) in [4.78, 5) is 9.17. The van der Waals surface area contributed by atoms with Gasteiger partial charge in [0.1, 0.15) is 0 Å². The maximum absolute atomic E-state index is 4.89. The minimum atomic E-state index is 0. The number of aryl methyl sites for hydroxylation is 2. The molecule has 2 unspecified atom stereocenters. The van der Waals surface area contributed by atoms with Crippen molar-refractivity contribution in [1.29, 1.82) is 0 Å². The first-order valence-electron chi connectivity index (χ1n) is 10.3. The molecule has 0 radical (unpaired) electrons. The number of rotatable bonds is 8. The lowest BCUT2D eigenvalue weighted by atomic mass is 9.89. The van der Waals surface area contributed by atoms with Crippen LogP contribution in [0.5, 0.6) is 0 Å². The van der Waals surface area contributed by atoms with Gasteiger partial charge in [-0.3, -0.25) is 14.7 Å². The van der Waals surface area contributed by atoms with E-state index in [1.165, 1.54) is 16.8 Å². The molecule has 0 saturated heterocycles. The van der Waals surface area contributed by atoms with Crippen LogP contribution in [0.3, 0.4) is 0 Å². The van der Waals surface area contributed by atoms with Gasteiger partial charge in [0.15, 0.2) is 5.96 Å². The maximum atomic E-state index is 4.89. The molecule has 0 spiro atoms. The number of guanidine groups is 1. The monoisotopic (exact) mass is 512 g/mol. The topological polar surface area (TPSA) is 67.1 Å². The Balaban J connectivity index is 0.00000420. The lowest BCUT2D eigenvalue weighted by Gasteiger charge is -2.22. The molecule has 0 saturated carbocycles. The lowest BCUT2D eigenvalue weighted by Crippen LogP contribution is -2.43. The van der Waals surface area contributed by atoms with E-state index in [0.717, 1.165) is 31.2 Å². The molecule has 0 fully saturated rings. The first-order chi connectivity index (χ1) is 13.3. The van der Waals surface area contributed by atoms with Crippen molar-refractivity contribution in [2.24, 2.45) is 18.0 Å². The third-order valence-electron chi connectivity index (χ3n) is 5.26. The molecule has 0 bridgehead atoms. The van der Waals surface area contributed by atoms with Gasteiger partial charge in [-0.25, -0.2) is 0 Å². The van der Waals surface area contributed by atoms with Crippen LogP contribution in [0.4, 0.5) is 0 Å². The standard InChI is InChI=1S/C22H36N6.HI/c1-8-24-22(25-14-21(15(2)3)19-10-9-11-23-13-19)26-16(4)12-20-17(5)27-28(7)18(20)6;/h9-11,13,15-16,21H,8,12,14H2,1-7H3,(H2,24,25,26);1H. The molecule has 2 heterocycles. The van der Waals surface area contributed by atoms with Crippen molar-refractivity contribution in [2.75, 3.05) is 13.1 Å². The predicted molar refractivity (Wildman–Crippen MR) is 132 cm³/mol. The highest BCUT2D eigenvalue weighted by molar-refractivity contribution is 14.0. The Morgan fingerprint density at radius 3 is 2.48 bits per heavy atom. The molecule has 2 atom stereocenters. The number of hydrogen-bond acceptors (Lipinski definition) is 3. The molecule has 29 heavy (non-hydrogen) atoms. The maximum Gasteiger partial charge on any atom is 0.191 e. The van der Waals surface area contributed by atoms with E-state index in [2.05, 4.69) is 68.3 Å². The van der Waals surface area contributed by atoms with Gasteiger partial charge in [0.05, 0.1) is 5.69 Å². The molecular weight excluding hydrogens is 475 g/mol. The van der Waals surface area contributed by atoms with Crippen LogP contribution < -0.4 is 10.6 Å². The molecule has 2 N–H and O–H groups in total. The van der Waals surface area contributed by atoms with Gasteiger partial charge in [-0.05, 0) is 57.2 Å². The second-order valence-corrected chi connectivity index (χ2v) is 7.88. The normalized spacial score (nSPS) is 13.7. The predicted octanol–water partition coefficient (Wildman–Crippen LogP) is 3.98. The van der Waals surface area contributed by atoms with E-state index < -0.39 is 0 Å². The highest BCUT2D eigenvalue weighted by atomic mass is 127. The van der Waals surface area contributed by atoms with Crippen LogP contribution in [0.2, 0.25) is 0 Å². The summed E-state index contributed by atoms with van der Waals surface area (Å²) in [6.45, 7) is 14.5. The lowest BCUT2D eigenvalue weighted by molar-refractivity contribution is 0.503. The van der Waals surface area contributed by atoms with Crippen molar-refractivity contribution in [3.63, 3.8) is 0 Å². The van der Waals surface area contributed by atoms with Crippen molar-refractivity contribution in [1.82, 2.24) is 25.4 Å². The molecule has 2 aromatic heterocycles. The Morgan fingerprint density at radius 2 is 1.97 bits per heavy atom. The summed E-state index contributed by atoms with van der Waals surface area (Å²) in [6, 6.07) is 4.40. The summed E-state index contributed by atoms with van der Waals surface area (Å²) >= 11 is 0. The van der Waals surface area contributed by atoms with E-state index in [9.17, 15) is 0 Å². The number of nitrogens with zero attached hydrogens (tertiary/aromatic N) is 4. The second kappa shape index (κ2) is 12.1. The van der Waals surface area contributed by atoms with E-state index in [0.29, 0.717) is 11.8 Å². The van der Waals surface area contributed by atoms with Crippen LogP contribution in [-0.2, 0) is 13.5 Å². The van der Waals surface area contributed by atoms with Crippen molar-refractivity contribution < 1.29 is 0 Å². The summed E-state index contributed by atoms with van der Waals surface area (Å²) in [7, 11) is 2.00. The summed E-state index contributed by atoms with van der Waals surface area (Å²) in [5.41, 5.74) is 4.89. The summed E-state index contributed by atoms with van der Waals surface area (Å²) in [6.07, 6.45) is 4.70. The van der Waals surface area contributed by atoms with Gasteiger partial charge < -0.3 is 10.6 Å². The van der Waals surface area contributed by atoms with Crippen molar-refractivity contribution in [2.45, 2.75) is 59.9 Å². The average Bonchev–Trinajstić information content (AvgIpc) is 2.88. The average molecular weight is 512 g/mol. The fourth-order valence-corrected chi connectivity index (χ4v) is 3.51. The minimum Gasteiger partial charge on any atom is -0.357 e. The molecule has 2 aromatic rings. The van der Waals surface area contributed by atoms with E-state index >= 15 is 0 Å². The molecule has 0 aliphatic carbocycles. The van der Waals surface area contributed by atoms with Gasteiger partial charge in [-0.15, -0.1) is 24.0 Å². The highest BCUT2D eigenvalue weighted by Gasteiger charge is 2.17. The number of hydrogen-bond donors (Lipinski definition) is 2. The fourth-order valence-electron chi connectivity index (χ4n) is 3.51. The number of nitrogens with one attached hydrogen (secondary N) is 2. The van der Waals surface area contributed by atoms with E-state index in [1.807, 2.05) is 30.2 Å². The molecule has 0 amide bonds. The zero-order chi connectivity index (χ0) is 20.7. The third kappa shape index (κ3) is 7.28. The van der Waals surface area contributed by atoms with Gasteiger partial charge in [0.2, 0.25) is 0 Å². The van der Waals surface area contributed by atoms with Crippen LogP contribution in [0.25, 0.3) is 0 Å². The Morgan fingerprint density at radius 1 is 1.24 bits per heavy atom. The number of aliphatic imine (C=N–C) groups is 1. The highest BCUT2D eigenvalue weighted by Crippen LogP contribution is 2.24. The fraction of sp³-hybridized carbons (Fsp3) is 0.591. The molecule has 0 aliphatic heterocycles. The zero-order valence-electron chi connectivity index (χ0n) is 18.9. The Bertz CT molecular complexity index is 769. The second-order valence-electron chi connectivity index (χ2n) is 7.88. The summed E-state index contributed by atoms with van der Waals surface area (Å²) in [5.74, 6) is 1.71. The molecule has 162 valence electrons. The number of halogens is 1. The summed E-state index contributed by atoms with van der Waals surface area (Å²) < 4.78 is 1.96. The molecule has 0 aromatic carbocycles. The van der Waals surface area contributed by atoms with Crippen LogP contribution in [0.1, 0.15) is 56.1 Å². The number of pyridine rings is 1. The van der Waals surface area contributed by atoms with Crippen molar-refractivity contribution >= 4 is 29.9 Å². The molecule has 2 rings (SSSR count). The smallest absolute Gasteiger partial charge is 0.191 e. The SMILES string of the molecule is CCNC(=NCC(c1cccnc1)C(C)C)NC(C)Cc1c(C)nn(C)c1C.I. The van der Waals surface area contributed by atoms with Gasteiger partial charge >= 0.3 is 0 Å². The first-order valence-corrected chi connectivity index (χ1v) is 10.3. The Labute approximate surface area is 193 Å². The third-order valence-corrected chi connectivity index (χ3v) is 5.26. The van der Waals surface area contributed by atoms with Crippen LogP contribution in [0.15, 0.2) is 29.5 Å². The quantitative estimate of drug-likeness (QED) is 0.319. The van der Waals surface area contributed by atoms with Gasteiger partial charge in [0.25, 0.3) is 0 Å². The van der Waals surface area contributed by atoms with Gasteiger partial charge in [-0.2, -0.15) is 5.10 Å². The first kappa shape index (κ1) is 25.4. The van der Waals surface area contributed by atoms with E-state index in [4.69, 9.17) is 4.99 Å². The largest absolute Gasteiger partial charge is 0.357 e. The van der Waals surface area contributed by atoms with Crippen LogP contribution in [0, 0.1) is 19.8 Å². The molecule has 7 heteroatoms. The molecule has 0 aliphatic rings.